The number of nitrogens with two attached hydrogens (primary N) is 4. The summed E-state index contributed by atoms with van der Waals surface area (Å²) in [5.41, 5.74) is 25.9. The number of carbonyl (C=O) groups is 9. The SMILES string of the molecule is CO[C@@H]1C[C@@H](C[C@H](C)[C@@H]2CC(=O)[C@H](N)/C=C(\C)[C@@H](O)[C@@H](OC)C(=O)[C@H](C)C[C@H](N)/C=C/C=C/C=C(\C)[C@@H](O)C[C@@H]3CC[C@@H](C)[C@@](O)(O3)C(=O)C(=O)N3CCCC[C@H]3C(=O)O2)CC[C@H]1OCCOCNC(=O)OCc1ccc(NC(=O)[C@H](CCCNC(N)=O)NC(=O)[C@@H](N)C(C)C)cc1. The zero-order valence-corrected chi connectivity index (χ0v) is 58.4. The van der Waals surface area contributed by atoms with E-state index in [9.17, 15) is 58.5 Å². The molecule has 1 saturated carbocycles. The summed E-state index contributed by atoms with van der Waals surface area (Å²) in [6, 6.07) is 0.880. The molecule has 3 fully saturated rings. The van der Waals surface area contributed by atoms with Crippen molar-refractivity contribution in [2.45, 2.75) is 224 Å². The molecule has 1 aromatic carbocycles. The smallest absolute Gasteiger partial charge is 0.409 e. The molecule has 3 heterocycles. The van der Waals surface area contributed by atoms with E-state index < -0.39 is 137 Å². The number of rotatable bonds is 22. The number of Topliss-reactive ketones (excluding diaryl/α,β-unsaturated/α-hetero) is 3. The second-order valence-electron chi connectivity index (χ2n) is 26.9. The summed E-state index contributed by atoms with van der Waals surface area (Å²) >= 11 is 0. The van der Waals surface area contributed by atoms with E-state index >= 15 is 0 Å². The number of benzene rings is 1. The average molecular weight is 1380 g/mol. The molecule has 3 aliphatic heterocycles. The number of primary amides is 1. The number of urea groups is 1. The molecule has 1 aliphatic carbocycles. The van der Waals surface area contributed by atoms with Crippen molar-refractivity contribution in [3.05, 3.63) is 77.4 Å². The van der Waals surface area contributed by atoms with Gasteiger partial charge in [-0.25, -0.2) is 14.4 Å². The Balaban J connectivity index is 1.20. The molecular weight excluding hydrogens is 1270 g/mol. The fourth-order valence-electron chi connectivity index (χ4n) is 12.6. The number of allylic oxidation sites excluding steroid dienone is 4. The van der Waals surface area contributed by atoms with Crippen LogP contribution in [0.3, 0.4) is 0 Å². The van der Waals surface area contributed by atoms with Gasteiger partial charge in [0.25, 0.3) is 11.7 Å². The van der Waals surface area contributed by atoms with Gasteiger partial charge in [-0.05, 0) is 137 Å². The number of nitrogens with one attached hydrogen (secondary N) is 4. The van der Waals surface area contributed by atoms with Gasteiger partial charge in [0.1, 0.15) is 43.7 Å². The van der Waals surface area contributed by atoms with E-state index in [2.05, 4.69) is 21.3 Å². The first kappa shape index (κ1) is 81.8. The Hall–Kier alpha value is -6.83. The Morgan fingerprint density at radius 3 is 2.24 bits per heavy atom. The van der Waals surface area contributed by atoms with Crippen LogP contribution in [0, 0.1) is 29.6 Å². The van der Waals surface area contributed by atoms with Gasteiger partial charge in [-0.1, -0.05) is 83.2 Å². The largest absolute Gasteiger partial charge is 0.460 e. The third kappa shape index (κ3) is 25.1. The van der Waals surface area contributed by atoms with Gasteiger partial charge < -0.3 is 92.3 Å². The summed E-state index contributed by atoms with van der Waals surface area (Å²) in [6.07, 6.45) is 6.95. The molecule has 28 nitrogen and oxygen atoms in total. The maximum Gasteiger partial charge on any atom is 0.409 e. The van der Waals surface area contributed by atoms with E-state index in [1.807, 2.05) is 6.92 Å². The van der Waals surface area contributed by atoms with Crippen molar-refractivity contribution in [1.82, 2.24) is 20.9 Å². The Labute approximate surface area is 575 Å². The number of ketones is 3. The van der Waals surface area contributed by atoms with E-state index in [1.165, 1.54) is 20.1 Å². The van der Waals surface area contributed by atoms with Crippen LogP contribution in [0.4, 0.5) is 15.3 Å². The summed E-state index contributed by atoms with van der Waals surface area (Å²) in [5.74, 6) is -9.91. The molecule has 98 heavy (non-hydrogen) atoms. The topological polar surface area (TPSA) is 434 Å². The highest BCUT2D eigenvalue weighted by Crippen LogP contribution is 2.38. The lowest BCUT2D eigenvalue weighted by atomic mass is 9.78. The first-order chi connectivity index (χ1) is 46.5. The highest BCUT2D eigenvalue weighted by Gasteiger charge is 2.53. The number of aliphatic hydroxyl groups is 3. The summed E-state index contributed by atoms with van der Waals surface area (Å²) in [5, 5.41) is 45.1. The van der Waals surface area contributed by atoms with E-state index in [-0.39, 0.29) is 101 Å². The molecule has 6 amide bonds. The first-order valence-corrected chi connectivity index (χ1v) is 34.2. The molecule has 0 unspecified atom stereocenters. The van der Waals surface area contributed by atoms with Crippen LogP contribution in [0.15, 0.2) is 71.9 Å². The normalized spacial score (nSPS) is 31.2. The van der Waals surface area contributed by atoms with Crippen LogP contribution < -0.4 is 44.2 Å². The van der Waals surface area contributed by atoms with Crippen LogP contribution >= 0.6 is 0 Å². The summed E-state index contributed by atoms with van der Waals surface area (Å²) in [6.45, 7) is 12.1. The van der Waals surface area contributed by atoms with Crippen molar-refractivity contribution in [2.24, 2.45) is 52.5 Å². The van der Waals surface area contributed by atoms with Crippen LogP contribution in [-0.4, -0.2) is 199 Å². The molecule has 4 aliphatic rings. The monoisotopic (exact) mass is 1380 g/mol. The fraction of sp³-hybridized carbons (Fsp3) is 0.671. The minimum atomic E-state index is -2.56. The van der Waals surface area contributed by atoms with Crippen LogP contribution in [-0.2, 0) is 73.3 Å². The fourth-order valence-corrected chi connectivity index (χ4v) is 12.6. The van der Waals surface area contributed by atoms with Crippen LogP contribution in [0.1, 0.15) is 144 Å². The number of anilines is 1. The van der Waals surface area contributed by atoms with Gasteiger partial charge in [-0.3, -0.25) is 34.1 Å². The maximum atomic E-state index is 14.6. The van der Waals surface area contributed by atoms with Crippen molar-refractivity contribution in [3.8, 4) is 0 Å². The van der Waals surface area contributed by atoms with E-state index in [0.29, 0.717) is 74.6 Å². The molecule has 2 bridgehead atoms. The number of aliphatic hydroxyl groups excluding tert-OH is 2. The van der Waals surface area contributed by atoms with E-state index in [4.69, 9.17) is 56.1 Å². The third-order valence-corrected chi connectivity index (χ3v) is 18.9. The predicted molar refractivity (Wildman–Crippen MR) is 362 cm³/mol. The molecule has 0 aromatic heterocycles. The lowest BCUT2D eigenvalue weighted by Crippen LogP contribution is -2.61. The van der Waals surface area contributed by atoms with Gasteiger partial charge in [-0.2, -0.15) is 0 Å². The van der Waals surface area contributed by atoms with Gasteiger partial charge in [0.15, 0.2) is 11.6 Å². The molecule has 0 spiro atoms. The Morgan fingerprint density at radius 1 is 0.837 bits per heavy atom. The van der Waals surface area contributed by atoms with Gasteiger partial charge in [0.05, 0.1) is 49.7 Å². The lowest BCUT2D eigenvalue weighted by molar-refractivity contribution is -0.265. The predicted octanol–water partition coefficient (Wildman–Crippen LogP) is 3.69. The third-order valence-electron chi connectivity index (χ3n) is 18.9. The summed E-state index contributed by atoms with van der Waals surface area (Å²) in [7, 11) is 2.87. The number of amides is 6. The quantitative estimate of drug-likeness (QED) is 0.0259. The van der Waals surface area contributed by atoms with Gasteiger partial charge in [0.2, 0.25) is 17.6 Å². The van der Waals surface area contributed by atoms with E-state index in [0.717, 1.165) is 4.90 Å². The molecule has 1 aromatic rings. The van der Waals surface area contributed by atoms with Crippen LogP contribution in [0.25, 0.3) is 0 Å². The number of alkyl carbamates (subject to hydrolysis) is 1. The number of ether oxygens (including phenoxy) is 7. The van der Waals surface area contributed by atoms with Crippen molar-refractivity contribution in [1.29, 1.82) is 0 Å². The molecule has 15 N–H and O–H groups in total. The Bertz CT molecular complexity index is 2940. The number of carbonyl (C=O) groups excluding carboxylic acids is 9. The van der Waals surface area contributed by atoms with Crippen molar-refractivity contribution < 1.29 is 91.6 Å². The number of cyclic esters (lactones) is 1. The van der Waals surface area contributed by atoms with E-state index in [1.54, 1.807) is 96.4 Å². The second kappa shape index (κ2) is 40.4. The summed E-state index contributed by atoms with van der Waals surface area (Å²) in [4.78, 5) is 122. The number of hydrogen-bond donors (Lipinski definition) is 11. The number of hydrogen-bond acceptors (Lipinski definition) is 22. The molecule has 28 heteroatoms. The standard InChI is InChI=1S/C70H109N9O19/c1-40(2)59(73)65(86)78-52(18-15-28-75-68(74)89)64(85)77-49-24-21-46(22-25-49)38-96-69(90)76-39-94-30-31-95-56-27-23-47(35-58(56)92-8)32-42(4)57-37-55(81)51(72)34-44(6)61(83)62(93-9)60(82)43(5)33-48(71)17-12-10-11-16-41(3)54(80)36-50-26-20-45(7)70(91,98-50)63(84)66(87)79-29-14-13-19-53(79)67(88)97-57/h10-12,16-17,21-22,24-25,34,40,42-43,45,47-48,50-54,56-59,61-62,80,83,91H,13-15,18-20,23,26-33,35-39,71-73H2,1-9H3,(H,76,90)(H,77,85)(H,78,86)(H3,74,75,89)/b11-10+,17-12+,41-16+,44-34+/t42-,43+,45+,47+,48+,50-,51+,52-,53-,54-,56+,57-,58+,59-,61+,62-,70+/m0/s1. The molecule has 5 rings (SSSR count). The lowest BCUT2D eigenvalue weighted by Gasteiger charge is -2.42. The molecular formula is C70H109N9O19. The number of esters is 1. The molecule has 17 atom stereocenters. The van der Waals surface area contributed by atoms with Crippen molar-refractivity contribution in [2.75, 3.05) is 52.6 Å². The minimum Gasteiger partial charge on any atom is -0.460 e. The second-order valence-corrected chi connectivity index (χ2v) is 26.9. The number of piperidine rings is 1. The highest BCUT2D eigenvalue weighted by atomic mass is 16.6. The van der Waals surface area contributed by atoms with Gasteiger partial charge in [0, 0.05) is 63.7 Å². The zero-order chi connectivity index (χ0) is 72.4. The molecule has 548 valence electrons. The van der Waals surface area contributed by atoms with Crippen molar-refractivity contribution >= 4 is 58.9 Å². The molecule has 0 radical (unpaired) electrons. The first-order valence-electron chi connectivity index (χ1n) is 34.2. The number of methoxy groups -OCH3 is 2. The Morgan fingerprint density at radius 2 is 1.56 bits per heavy atom. The number of nitrogens with zero attached hydrogens (tertiary/aromatic N) is 1. The maximum absolute atomic E-state index is 14.6. The Kier molecular flexibility index (Phi) is 33.8. The highest BCUT2D eigenvalue weighted by molar-refractivity contribution is 6.39. The molecule has 2 saturated heterocycles. The van der Waals surface area contributed by atoms with Crippen molar-refractivity contribution in [3.63, 3.8) is 0 Å². The number of fused-ring (bicyclic) bond motifs is 3. The van der Waals surface area contributed by atoms with Gasteiger partial charge >= 0.3 is 18.1 Å². The van der Waals surface area contributed by atoms with Crippen LogP contribution in [0.2, 0.25) is 0 Å². The minimum absolute atomic E-state index is 0.00600. The summed E-state index contributed by atoms with van der Waals surface area (Å²) < 4.78 is 41.0. The zero-order valence-electron chi connectivity index (χ0n) is 58.4. The van der Waals surface area contributed by atoms with Gasteiger partial charge in [-0.15, -0.1) is 0 Å². The average Bonchev–Trinajstić information content (AvgIpc) is 0.774. The van der Waals surface area contributed by atoms with Crippen LogP contribution in [0.5, 0.6) is 0 Å².